The zero-order valence-corrected chi connectivity index (χ0v) is 18.3. The van der Waals surface area contributed by atoms with Gasteiger partial charge in [0.25, 0.3) is 11.7 Å². The van der Waals surface area contributed by atoms with Crippen LogP contribution in [-0.2, 0) is 14.3 Å². The van der Waals surface area contributed by atoms with Crippen LogP contribution in [0.15, 0.2) is 54.1 Å². The summed E-state index contributed by atoms with van der Waals surface area (Å²) >= 11 is 0. The summed E-state index contributed by atoms with van der Waals surface area (Å²) in [6.45, 7) is 5.23. The topological polar surface area (TPSA) is 76.1 Å². The third-order valence-corrected chi connectivity index (χ3v) is 5.36. The van der Waals surface area contributed by atoms with Crippen molar-refractivity contribution in [2.45, 2.75) is 32.7 Å². The van der Waals surface area contributed by atoms with Crippen molar-refractivity contribution in [1.82, 2.24) is 4.90 Å². The Balaban J connectivity index is 2.00. The Morgan fingerprint density at radius 3 is 2.32 bits per heavy atom. The third kappa shape index (κ3) is 4.97. The molecule has 0 radical (unpaired) electrons. The molecule has 31 heavy (non-hydrogen) atoms. The minimum Gasteiger partial charge on any atom is -0.507 e. The van der Waals surface area contributed by atoms with Gasteiger partial charge in [-0.2, -0.15) is 0 Å². The summed E-state index contributed by atoms with van der Waals surface area (Å²) in [7, 11) is 1.54. The fourth-order valence-corrected chi connectivity index (χ4v) is 3.59. The van der Waals surface area contributed by atoms with Gasteiger partial charge in [-0.05, 0) is 43.2 Å². The first-order valence-electron chi connectivity index (χ1n) is 10.5. The SMILES string of the molecule is CCCCOc1ccc(/C(O)=C2\C(=O)C(=O)N(CCOC)C2c2ccc(C)cc2)cc1. The van der Waals surface area contributed by atoms with Crippen LogP contribution in [0.3, 0.4) is 0 Å². The van der Waals surface area contributed by atoms with Crippen molar-refractivity contribution in [1.29, 1.82) is 0 Å². The van der Waals surface area contributed by atoms with Crippen LogP contribution in [0.1, 0.15) is 42.5 Å². The molecular formula is C25H29NO5. The minimum absolute atomic E-state index is 0.0876. The maximum Gasteiger partial charge on any atom is 0.295 e. The maximum absolute atomic E-state index is 12.9. The highest BCUT2D eigenvalue weighted by Gasteiger charge is 2.45. The predicted molar refractivity (Wildman–Crippen MR) is 119 cm³/mol. The first-order valence-corrected chi connectivity index (χ1v) is 10.5. The average Bonchev–Trinajstić information content (AvgIpc) is 3.03. The van der Waals surface area contributed by atoms with Gasteiger partial charge in [0.2, 0.25) is 0 Å². The van der Waals surface area contributed by atoms with Gasteiger partial charge < -0.3 is 19.5 Å². The van der Waals surface area contributed by atoms with E-state index in [2.05, 4.69) is 6.92 Å². The molecule has 1 N–H and O–H groups in total. The van der Waals surface area contributed by atoms with Gasteiger partial charge in [-0.15, -0.1) is 0 Å². The van der Waals surface area contributed by atoms with Gasteiger partial charge in [0, 0.05) is 19.2 Å². The Morgan fingerprint density at radius 1 is 1.03 bits per heavy atom. The zero-order valence-electron chi connectivity index (χ0n) is 18.3. The molecule has 6 heteroatoms. The van der Waals surface area contributed by atoms with E-state index in [0.717, 1.165) is 24.0 Å². The second-order valence-corrected chi connectivity index (χ2v) is 7.62. The van der Waals surface area contributed by atoms with E-state index in [4.69, 9.17) is 9.47 Å². The van der Waals surface area contributed by atoms with Gasteiger partial charge in [0.1, 0.15) is 11.5 Å². The Hall–Kier alpha value is -3.12. The van der Waals surface area contributed by atoms with Crippen LogP contribution in [-0.4, -0.2) is 48.6 Å². The van der Waals surface area contributed by atoms with Gasteiger partial charge in [-0.25, -0.2) is 0 Å². The fraction of sp³-hybridized carbons (Fsp3) is 0.360. The molecule has 1 unspecified atom stereocenters. The first-order chi connectivity index (χ1) is 15.0. The number of amides is 1. The standard InChI is InChI=1S/C25H29NO5/c1-4-5-15-31-20-12-10-19(11-13-20)23(27)21-22(18-8-6-17(2)7-9-18)26(14-16-30-3)25(29)24(21)28/h6-13,22,27H,4-5,14-16H2,1-3H3/b23-21+. The van der Waals surface area contributed by atoms with E-state index in [1.165, 1.54) is 4.90 Å². The van der Waals surface area contributed by atoms with Crippen LogP contribution in [0.25, 0.3) is 5.76 Å². The number of nitrogens with zero attached hydrogens (tertiary/aromatic N) is 1. The number of benzene rings is 2. The smallest absolute Gasteiger partial charge is 0.295 e. The van der Waals surface area contributed by atoms with Crippen LogP contribution < -0.4 is 4.74 Å². The number of rotatable bonds is 9. The molecule has 2 aromatic rings. The van der Waals surface area contributed by atoms with E-state index in [0.29, 0.717) is 24.5 Å². The number of Topliss-reactive ketones (excluding diaryl/α,β-unsaturated/α-hetero) is 1. The van der Waals surface area contributed by atoms with E-state index in [1.807, 2.05) is 31.2 Å². The Bertz CT molecular complexity index is 947. The van der Waals surface area contributed by atoms with Crippen LogP contribution in [0.4, 0.5) is 0 Å². The number of aliphatic hydroxyl groups is 1. The average molecular weight is 424 g/mol. The summed E-state index contributed by atoms with van der Waals surface area (Å²) in [5.74, 6) is -0.823. The number of hydrogen-bond acceptors (Lipinski definition) is 5. The highest BCUT2D eigenvalue weighted by atomic mass is 16.5. The molecule has 6 nitrogen and oxygen atoms in total. The van der Waals surface area contributed by atoms with Crippen LogP contribution in [0.5, 0.6) is 5.75 Å². The molecule has 1 aliphatic rings. The van der Waals surface area contributed by atoms with Crippen molar-refractivity contribution in [2.24, 2.45) is 0 Å². The molecule has 0 aliphatic carbocycles. The third-order valence-electron chi connectivity index (χ3n) is 5.36. The Labute approximate surface area is 183 Å². The Morgan fingerprint density at radius 2 is 1.71 bits per heavy atom. The summed E-state index contributed by atoms with van der Waals surface area (Å²) in [6.07, 6.45) is 2.00. The summed E-state index contributed by atoms with van der Waals surface area (Å²) < 4.78 is 10.8. The van der Waals surface area contributed by atoms with Gasteiger partial charge in [-0.1, -0.05) is 43.2 Å². The van der Waals surface area contributed by atoms with Crippen molar-refractivity contribution >= 4 is 17.4 Å². The molecule has 164 valence electrons. The van der Waals surface area contributed by atoms with Crippen molar-refractivity contribution in [3.63, 3.8) is 0 Å². The van der Waals surface area contributed by atoms with Crippen LogP contribution in [0.2, 0.25) is 0 Å². The number of hydrogen-bond donors (Lipinski definition) is 1. The quantitative estimate of drug-likeness (QED) is 0.283. The lowest BCUT2D eigenvalue weighted by atomic mass is 9.94. The molecule has 0 spiro atoms. The van der Waals surface area contributed by atoms with Crippen molar-refractivity contribution < 1.29 is 24.2 Å². The highest BCUT2D eigenvalue weighted by molar-refractivity contribution is 6.46. The number of carbonyl (C=O) groups is 2. The summed E-state index contributed by atoms with van der Waals surface area (Å²) in [5, 5.41) is 11.1. The van der Waals surface area contributed by atoms with Crippen molar-refractivity contribution in [2.75, 3.05) is 26.9 Å². The van der Waals surface area contributed by atoms with Gasteiger partial charge in [0.05, 0.1) is 24.8 Å². The van der Waals surface area contributed by atoms with Crippen molar-refractivity contribution in [3.8, 4) is 5.75 Å². The molecule has 1 saturated heterocycles. The van der Waals surface area contributed by atoms with E-state index >= 15 is 0 Å². The molecule has 1 aliphatic heterocycles. The van der Waals surface area contributed by atoms with Gasteiger partial charge in [0.15, 0.2) is 0 Å². The van der Waals surface area contributed by atoms with E-state index in [1.54, 1.807) is 31.4 Å². The number of likely N-dealkylation sites (tertiary alicyclic amines) is 1. The lowest BCUT2D eigenvalue weighted by Gasteiger charge is -2.25. The number of ether oxygens (including phenoxy) is 2. The number of aliphatic hydroxyl groups excluding tert-OH is 1. The van der Waals surface area contributed by atoms with Gasteiger partial charge in [-0.3, -0.25) is 9.59 Å². The monoisotopic (exact) mass is 423 g/mol. The summed E-state index contributed by atoms with van der Waals surface area (Å²) in [4.78, 5) is 27.1. The minimum atomic E-state index is -0.692. The largest absolute Gasteiger partial charge is 0.507 e. The maximum atomic E-state index is 12.9. The molecule has 3 rings (SSSR count). The second-order valence-electron chi connectivity index (χ2n) is 7.62. The number of aryl methyl sites for hydroxylation is 1. The lowest BCUT2D eigenvalue weighted by molar-refractivity contribution is -0.140. The molecule has 1 fully saturated rings. The second kappa shape index (κ2) is 10.3. The normalized spacial score (nSPS) is 17.9. The predicted octanol–water partition coefficient (Wildman–Crippen LogP) is 4.24. The summed E-state index contributed by atoms with van der Waals surface area (Å²) in [5.41, 5.74) is 2.38. The van der Waals surface area contributed by atoms with E-state index < -0.39 is 17.7 Å². The Kier molecular flexibility index (Phi) is 7.47. The van der Waals surface area contributed by atoms with E-state index in [-0.39, 0.29) is 17.9 Å². The number of methoxy groups -OCH3 is 1. The number of carbonyl (C=O) groups excluding carboxylic acids is 2. The number of ketones is 1. The fourth-order valence-electron chi connectivity index (χ4n) is 3.59. The molecule has 1 heterocycles. The van der Waals surface area contributed by atoms with Crippen LogP contribution >= 0.6 is 0 Å². The lowest BCUT2D eigenvalue weighted by Crippen LogP contribution is -2.32. The number of unbranched alkanes of at least 4 members (excludes halogenated alkanes) is 1. The molecule has 2 aromatic carbocycles. The van der Waals surface area contributed by atoms with Crippen molar-refractivity contribution in [3.05, 3.63) is 70.8 Å². The molecule has 0 saturated carbocycles. The first kappa shape index (κ1) is 22.6. The summed E-state index contributed by atoms with van der Waals surface area (Å²) in [6, 6.07) is 13.8. The van der Waals surface area contributed by atoms with E-state index in [9.17, 15) is 14.7 Å². The zero-order chi connectivity index (χ0) is 22.4. The molecular weight excluding hydrogens is 394 g/mol. The molecule has 1 atom stereocenters. The van der Waals surface area contributed by atoms with Crippen LogP contribution in [0, 0.1) is 6.92 Å². The molecule has 1 amide bonds. The highest BCUT2D eigenvalue weighted by Crippen LogP contribution is 2.39. The molecule has 0 bridgehead atoms. The van der Waals surface area contributed by atoms with Gasteiger partial charge >= 0.3 is 0 Å². The molecule has 0 aromatic heterocycles.